The molecular formula is C22H24O6. The number of hydrogen-bond donors (Lipinski definition) is 1. The molecule has 1 aliphatic carbocycles. The molecule has 3 unspecified atom stereocenters. The normalized spacial score (nSPS) is 21.9. The van der Waals surface area contributed by atoms with Crippen LogP contribution in [-0.2, 0) is 9.59 Å². The molecular weight excluding hydrogens is 360 g/mol. The highest BCUT2D eigenvalue weighted by Gasteiger charge is 2.41. The van der Waals surface area contributed by atoms with Crippen LogP contribution in [0.25, 0.3) is 10.8 Å². The summed E-state index contributed by atoms with van der Waals surface area (Å²) < 4.78 is 11.0. The molecule has 6 nitrogen and oxygen atoms in total. The molecule has 0 amide bonds. The molecule has 2 aromatic rings. The van der Waals surface area contributed by atoms with E-state index in [0.717, 1.165) is 10.8 Å². The van der Waals surface area contributed by atoms with Crippen LogP contribution in [0.1, 0.15) is 36.5 Å². The van der Waals surface area contributed by atoms with E-state index in [1.807, 2.05) is 24.3 Å². The van der Waals surface area contributed by atoms with Gasteiger partial charge in [-0.15, -0.1) is 0 Å². The highest BCUT2D eigenvalue weighted by Crippen LogP contribution is 2.42. The molecule has 1 saturated carbocycles. The predicted molar refractivity (Wildman–Crippen MR) is 104 cm³/mol. The topological polar surface area (TPSA) is 89.9 Å². The van der Waals surface area contributed by atoms with Gasteiger partial charge in [-0.2, -0.15) is 0 Å². The van der Waals surface area contributed by atoms with Gasteiger partial charge >= 0.3 is 5.97 Å². The Hall–Kier alpha value is -2.89. The number of carbonyl (C=O) groups is 3. The van der Waals surface area contributed by atoms with Crippen molar-refractivity contribution in [3.63, 3.8) is 0 Å². The number of carboxylic acids is 1. The van der Waals surface area contributed by atoms with Crippen LogP contribution in [0.15, 0.2) is 30.3 Å². The minimum atomic E-state index is -1.01. The number of fused-ring (bicyclic) bond motifs is 1. The predicted octanol–water partition coefficient (Wildman–Crippen LogP) is 3.75. The molecule has 0 bridgehead atoms. The highest BCUT2D eigenvalue weighted by molar-refractivity contribution is 6.09. The molecule has 0 radical (unpaired) electrons. The number of carbonyl (C=O) groups excluding carboxylic acids is 2. The van der Waals surface area contributed by atoms with E-state index in [1.165, 1.54) is 21.1 Å². The summed E-state index contributed by atoms with van der Waals surface area (Å²) in [5.41, 5.74) is 0.290. The van der Waals surface area contributed by atoms with Gasteiger partial charge in [0.25, 0.3) is 0 Å². The second-order valence-electron chi connectivity index (χ2n) is 7.24. The standard InChI is InChI=1S/C22H24O6/c1-12(23)13-8-9-16(22(25)26)17(10-13)20(24)18-11-19(27-2)14-6-4-5-7-15(14)21(18)28-3/h4-7,11,13,16-17H,8-10H2,1-3H3,(H,25,26). The molecule has 1 aliphatic rings. The van der Waals surface area contributed by atoms with E-state index in [2.05, 4.69) is 0 Å². The van der Waals surface area contributed by atoms with Crippen LogP contribution in [0.2, 0.25) is 0 Å². The number of ketones is 2. The third-order valence-electron chi connectivity index (χ3n) is 5.73. The molecule has 0 aromatic heterocycles. The fraction of sp³-hybridized carbons (Fsp3) is 0.409. The largest absolute Gasteiger partial charge is 0.496 e. The smallest absolute Gasteiger partial charge is 0.307 e. The van der Waals surface area contributed by atoms with E-state index in [1.54, 1.807) is 6.07 Å². The van der Waals surface area contributed by atoms with Crippen molar-refractivity contribution in [3.05, 3.63) is 35.9 Å². The number of ether oxygens (including phenoxy) is 2. The number of benzene rings is 2. The van der Waals surface area contributed by atoms with Crippen molar-refractivity contribution in [1.29, 1.82) is 0 Å². The zero-order chi connectivity index (χ0) is 20.4. The fourth-order valence-electron chi connectivity index (χ4n) is 4.21. The van der Waals surface area contributed by atoms with Gasteiger partial charge < -0.3 is 14.6 Å². The van der Waals surface area contributed by atoms with E-state index >= 15 is 0 Å². The minimum Gasteiger partial charge on any atom is -0.496 e. The Labute approximate surface area is 163 Å². The Morgan fingerprint density at radius 1 is 1.00 bits per heavy atom. The highest BCUT2D eigenvalue weighted by atomic mass is 16.5. The molecule has 6 heteroatoms. The summed E-state index contributed by atoms with van der Waals surface area (Å²) in [6.07, 6.45) is 1.04. The van der Waals surface area contributed by atoms with Crippen molar-refractivity contribution in [3.8, 4) is 11.5 Å². The van der Waals surface area contributed by atoms with Gasteiger partial charge in [-0.05, 0) is 32.3 Å². The van der Waals surface area contributed by atoms with Gasteiger partial charge in [-0.3, -0.25) is 14.4 Å². The van der Waals surface area contributed by atoms with E-state index in [0.29, 0.717) is 29.9 Å². The SMILES string of the molecule is COc1cc(C(=O)C2CC(C(C)=O)CCC2C(=O)O)c(OC)c2ccccc12. The average Bonchev–Trinajstić information content (AvgIpc) is 2.71. The molecule has 1 fully saturated rings. The summed E-state index contributed by atoms with van der Waals surface area (Å²) in [5.74, 6) is -2.31. The maximum absolute atomic E-state index is 13.5. The van der Waals surface area contributed by atoms with Crippen molar-refractivity contribution < 1.29 is 29.0 Å². The van der Waals surface area contributed by atoms with Gasteiger partial charge in [0.2, 0.25) is 0 Å². The lowest BCUT2D eigenvalue weighted by Crippen LogP contribution is -2.37. The van der Waals surface area contributed by atoms with Crippen molar-refractivity contribution in [2.45, 2.75) is 26.2 Å². The van der Waals surface area contributed by atoms with Crippen molar-refractivity contribution in [2.24, 2.45) is 17.8 Å². The summed E-state index contributed by atoms with van der Waals surface area (Å²) in [4.78, 5) is 37.1. The van der Waals surface area contributed by atoms with E-state index in [9.17, 15) is 19.5 Å². The van der Waals surface area contributed by atoms with Gasteiger partial charge in [0.1, 0.15) is 17.3 Å². The van der Waals surface area contributed by atoms with Crippen LogP contribution in [0, 0.1) is 17.8 Å². The Balaban J connectivity index is 2.12. The summed E-state index contributed by atoms with van der Waals surface area (Å²) in [7, 11) is 3.01. The van der Waals surface area contributed by atoms with Gasteiger partial charge in [-0.1, -0.05) is 24.3 Å². The molecule has 3 rings (SSSR count). The number of hydrogen-bond acceptors (Lipinski definition) is 5. The summed E-state index contributed by atoms with van der Waals surface area (Å²) in [6, 6.07) is 9.02. The maximum atomic E-state index is 13.5. The van der Waals surface area contributed by atoms with Gasteiger partial charge in [0, 0.05) is 22.6 Å². The minimum absolute atomic E-state index is 0.00954. The molecule has 2 aromatic carbocycles. The Morgan fingerprint density at radius 2 is 1.68 bits per heavy atom. The average molecular weight is 384 g/mol. The second kappa shape index (κ2) is 8.00. The molecule has 0 heterocycles. The Morgan fingerprint density at radius 3 is 2.25 bits per heavy atom. The van der Waals surface area contributed by atoms with Gasteiger partial charge in [-0.25, -0.2) is 0 Å². The van der Waals surface area contributed by atoms with E-state index in [4.69, 9.17) is 9.47 Å². The van der Waals surface area contributed by atoms with Gasteiger partial charge in [0.15, 0.2) is 5.78 Å². The number of methoxy groups -OCH3 is 2. The molecule has 0 spiro atoms. The number of rotatable bonds is 6. The molecule has 3 atom stereocenters. The van der Waals surface area contributed by atoms with Crippen LogP contribution in [0.5, 0.6) is 11.5 Å². The monoisotopic (exact) mass is 384 g/mol. The first-order valence-electron chi connectivity index (χ1n) is 9.30. The molecule has 28 heavy (non-hydrogen) atoms. The van der Waals surface area contributed by atoms with E-state index < -0.39 is 17.8 Å². The first-order chi connectivity index (χ1) is 13.4. The number of carboxylic acid groups (broad SMARTS) is 1. The van der Waals surface area contributed by atoms with Crippen molar-refractivity contribution in [1.82, 2.24) is 0 Å². The zero-order valence-electron chi connectivity index (χ0n) is 16.2. The number of Topliss-reactive ketones (excluding diaryl/α,β-unsaturated/α-hetero) is 2. The van der Waals surface area contributed by atoms with Crippen molar-refractivity contribution >= 4 is 28.3 Å². The fourth-order valence-corrected chi connectivity index (χ4v) is 4.21. The third kappa shape index (κ3) is 3.46. The first kappa shape index (κ1) is 19.9. The summed E-state index contributed by atoms with van der Waals surface area (Å²) in [5, 5.41) is 11.2. The van der Waals surface area contributed by atoms with Gasteiger partial charge in [0.05, 0.1) is 25.7 Å². The van der Waals surface area contributed by atoms with E-state index in [-0.39, 0.29) is 23.9 Å². The molecule has 148 valence electrons. The first-order valence-corrected chi connectivity index (χ1v) is 9.30. The van der Waals surface area contributed by atoms with Crippen LogP contribution < -0.4 is 9.47 Å². The summed E-state index contributed by atoms with van der Waals surface area (Å²) in [6.45, 7) is 1.49. The molecule has 0 saturated heterocycles. The van der Waals surface area contributed by atoms with Crippen LogP contribution in [0.4, 0.5) is 0 Å². The van der Waals surface area contributed by atoms with Crippen molar-refractivity contribution in [2.75, 3.05) is 14.2 Å². The van der Waals surface area contributed by atoms with Crippen LogP contribution >= 0.6 is 0 Å². The zero-order valence-corrected chi connectivity index (χ0v) is 16.2. The van der Waals surface area contributed by atoms with Crippen LogP contribution in [0.3, 0.4) is 0 Å². The third-order valence-corrected chi connectivity index (χ3v) is 5.73. The lowest BCUT2D eigenvalue weighted by atomic mass is 9.70. The van der Waals surface area contributed by atoms with Crippen LogP contribution in [-0.4, -0.2) is 36.9 Å². The summed E-state index contributed by atoms with van der Waals surface area (Å²) >= 11 is 0. The Bertz CT molecular complexity index is 932. The Kier molecular flexibility index (Phi) is 5.68. The lowest BCUT2D eigenvalue weighted by Gasteiger charge is -2.32. The molecule has 0 aliphatic heterocycles. The molecule has 1 N–H and O–H groups in total. The quantitative estimate of drug-likeness (QED) is 0.763. The second-order valence-corrected chi connectivity index (χ2v) is 7.24. The lowest BCUT2D eigenvalue weighted by molar-refractivity contribution is -0.145. The maximum Gasteiger partial charge on any atom is 0.307 e. The number of aliphatic carboxylic acids is 1.